The monoisotopic (exact) mass is 328 g/mol. The van der Waals surface area contributed by atoms with Crippen molar-refractivity contribution >= 4 is 16.0 Å². The number of aromatic carboxylic acids is 1. The molecule has 7 nitrogen and oxygen atoms in total. The standard InChI is InChI=1S/C14H20N2O5S/c17-14(18)13-6-3-4-11(16-13)7-8-15-22(19,20)10-12-5-1-2-9-21-12/h3-4,6,12,15H,1-2,5,7-10H2,(H,17,18). The number of hydrogen-bond acceptors (Lipinski definition) is 5. The predicted molar refractivity (Wildman–Crippen MR) is 80.3 cm³/mol. The van der Waals surface area contributed by atoms with Crippen LogP contribution in [0.4, 0.5) is 0 Å². The van der Waals surface area contributed by atoms with Crippen LogP contribution in [0.25, 0.3) is 0 Å². The molecule has 1 aliphatic rings. The van der Waals surface area contributed by atoms with Crippen molar-refractivity contribution in [3.8, 4) is 0 Å². The third kappa shape index (κ3) is 5.36. The zero-order valence-corrected chi connectivity index (χ0v) is 13.0. The van der Waals surface area contributed by atoms with Crippen LogP contribution in [0, 0.1) is 0 Å². The van der Waals surface area contributed by atoms with Gasteiger partial charge >= 0.3 is 5.97 Å². The van der Waals surface area contributed by atoms with Crippen molar-refractivity contribution in [1.29, 1.82) is 0 Å². The van der Waals surface area contributed by atoms with Crippen molar-refractivity contribution in [3.05, 3.63) is 29.6 Å². The van der Waals surface area contributed by atoms with Gasteiger partial charge in [0.2, 0.25) is 10.0 Å². The third-order valence-electron chi connectivity index (χ3n) is 3.41. The van der Waals surface area contributed by atoms with Gasteiger partial charge in [-0.15, -0.1) is 0 Å². The molecule has 0 aromatic carbocycles. The van der Waals surface area contributed by atoms with E-state index >= 15 is 0 Å². The highest BCUT2D eigenvalue weighted by atomic mass is 32.2. The van der Waals surface area contributed by atoms with Crippen LogP contribution in [0.2, 0.25) is 0 Å². The second kappa shape index (κ2) is 7.66. The third-order valence-corrected chi connectivity index (χ3v) is 4.86. The van der Waals surface area contributed by atoms with Gasteiger partial charge in [-0.05, 0) is 31.4 Å². The second-order valence-corrected chi connectivity index (χ2v) is 7.09. The Morgan fingerprint density at radius 2 is 2.23 bits per heavy atom. The fourth-order valence-electron chi connectivity index (χ4n) is 2.32. The molecular formula is C14H20N2O5S. The van der Waals surface area contributed by atoms with Gasteiger partial charge < -0.3 is 9.84 Å². The van der Waals surface area contributed by atoms with Gasteiger partial charge in [0.05, 0.1) is 11.9 Å². The number of aromatic nitrogens is 1. The highest BCUT2D eigenvalue weighted by molar-refractivity contribution is 7.89. The molecule has 122 valence electrons. The fourth-order valence-corrected chi connectivity index (χ4v) is 3.60. The number of carbonyl (C=O) groups is 1. The van der Waals surface area contributed by atoms with Crippen LogP contribution >= 0.6 is 0 Å². The summed E-state index contributed by atoms with van der Waals surface area (Å²) < 4.78 is 31.8. The van der Waals surface area contributed by atoms with E-state index in [-0.39, 0.29) is 24.1 Å². The quantitative estimate of drug-likeness (QED) is 0.767. The summed E-state index contributed by atoms with van der Waals surface area (Å²) in [5.74, 6) is -1.13. The molecular weight excluding hydrogens is 308 g/mol. The Labute approximate surface area is 129 Å². The molecule has 1 aliphatic heterocycles. The summed E-state index contributed by atoms with van der Waals surface area (Å²) in [4.78, 5) is 14.8. The molecule has 1 saturated heterocycles. The van der Waals surface area contributed by atoms with Crippen LogP contribution < -0.4 is 4.72 Å². The van der Waals surface area contributed by atoms with Gasteiger partial charge in [-0.2, -0.15) is 0 Å². The maximum atomic E-state index is 12.0. The molecule has 1 aromatic rings. The van der Waals surface area contributed by atoms with Crippen molar-refractivity contribution in [2.75, 3.05) is 18.9 Å². The molecule has 1 aromatic heterocycles. The maximum Gasteiger partial charge on any atom is 0.354 e. The van der Waals surface area contributed by atoms with Gasteiger partial charge in [0.25, 0.3) is 0 Å². The molecule has 2 N–H and O–H groups in total. The number of rotatable bonds is 7. The first-order chi connectivity index (χ1) is 10.5. The van der Waals surface area contributed by atoms with Crippen LogP contribution in [0.5, 0.6) is 0 Å². The topological polar surface area (TPSA) is 106 Å². The highest BCUT2D eigenvalue weighted by Crippen LogP contribution is 2.14. The number of sulfonamides is 1. The van der Waals surface area contributed by atoms with Gasteiger partial charge in [0, 0.05) is 25.3 Å². The molecule has 8 heteroatoms. The van der Waals surface area contributed by atoms with E-state index in [9.17, 15) is 13.2 Å². The molecule has 1 fully saturated rings. The lowest BCUT2D eigenvalue weighted by Gasteiger charge is -2.22. The Hall–Kier alpha value is -1.51. The van der Waals surface area contributed by atoms with E-state index in [0.29, 0.717) is 18.7 Å². The molecule has 0 spiro atoms. The van der Waals surface area contributed by atoms with Crippen LogP contribution in [0.15, 0.2) is 18.2 Å². The fraction of sp³-hybridized carbons (Fsp3) is 0.571. The Morgan fingerprint density at radius 1 is 1.41 bits per heavy atom. The Balaban J connectivity index is 1.81. The Kier molecular flexibility index (Phi) is 5.87. The molecule has 0 radical (unpaired) electrons. The summed E-state index contributed by atoms with van der Waals surface area (Å²) in [5.41, 5.74) is 0.493. The van der Waals surface area contributed by atoms with Crippen molar-refractivity contribution in [1.82, 2.24) is 9.71 Å². The number of carboxylic acids is 1. The van der Waals surface area contributed by atoms with Crippen molar-refractivity contribution < 1.29 is 23.1 Å². The number of nitrogens with one attached hydrogen (secondary N) is 1. The number of ether oxygens (including phenoxy) is 1. The van der Waals surface area contributed by atoms with Crippen molar-refractivity contribution in [2.24, 2.45) is 0 Å². The van der Waals surface area contributed by atoms with E-state index < -0.39 is 16.0 Å². The molecule has 2 heterocycles. The lowest BCUT2D eigenvalue weighted by atomic mass is 10.1. The molecule has 2 rings (SSSR count). The average Bonchev–Trinajstić information content (AvgIpc) is 2.48. The number of pyridine rings is 1. The summed E-state index contributed by atoms with van der Waals surface area (Å²) >= 11 is 0. The summed E-state index contributed by atoms with van der Waals surface area (Å²) in [7, 11) is -3.40. The maximum absolute atomic E-state index is 12.0. The lowest BCUT2D eigenvalue weighted by Crippen LogP contribution is -2.36. The van der Waals surface area contributed by atoms with Gasteiger partial charge in [-0.1, -0.05) is 6.07 Å². The van der Waals surface area contributed by atoms with E-state index in [1.165, 1.54) is 6.07 Å². The number of carboxylic acid groups (broad SMARTS) is 1. The zero-order chi connectivity index (χ0) is 16.0. The highest BCUT2D eigenvalue weighted by Gasteiger charge is 2.21. The lowest BCUT2D eigenvalue weighted by molar-refractivity contribution is 0.0304. The molecule has 0 bridgehead atoms. The molecule has 22 heavy (non-hydrogen) atoms. The molecule has 0 aliphatic carbocycles. The van der Waals surface area contributed by atoms with Crippen LogP contribution in [0.1, 0.15) is 35.4 Å². The Bertz CT molecular complexity index is 611. The van der Waals surface area contributed by atoms with Crippen LogP contribution in [0.3, 0.4) is 0 Å². The predicted octanol–water partition coefficient (Wildman–Crippen LogP) is 0.811. The van der Waals surface area contributed by atoms with E-state index in [0.717, 1.165) is 19.3 Å². The second-order valence-electron chi connectivity index (χ2n) is 5.23. The number of hydrogen-bond donors (Lipinski definition) is 2. The number of nitrogens with zero attached hydrogens (tertiary/aromatic N) is 1. The molecule has 0 saturated carbocycles. The van der Waals surface area contributed by atoms with E-state index in [2.05, 4.69) is 9.71 Å². The first kappa shape index (κ1) is 16.9. The molecule has 1 atom stereocenters. The summed E-state index contributed by atoms with van der Waals surface area (Å²) in [6.07, 6.45) is 2.84. The average molecular weight is 328 g/mol. The largest absolute Gasteiger partial charge is 0.477 e. The normalized spacial score (nSPS) is 19.0. The first-order valence-corrected chi connectivity index (χ1v) is 8.90. The summed E-state index contributed by atoms with van der Waals surface area (Å²) in [5, 5.41) is 8.86. The van der Waals surface area contributed by atoms with Gasteiger partial charge in [0.15, 0.2) is 0 Å². The molecule has 1 unspecified atom stereocenters. The van der Waals surface area contributed by atoms with E-state index in [1.807, 2.05) is 0 Å². The molecule has 0 amide bonds. The van der Waals surface area contributed by atoms with Gasteiger partial charge in [0.1, 0.15) is 5.69 Å². The van der Waals surface area contributed by atoms with Gasteiger partial charge in [-0.25, -0.2) is 22.9 Å². The first-order valence-electron chi connectivity index (χ1n) is 7.24. The minimum absolute atomic E-state index is 0.0321. The summed E-state index contributed by atoms with van der Waals surface area (Å²) in [6, 6.07) is 4.66. The smallest absolute Gasteiger partial charge is 0.354 e. The minimum Gasteiger partial charge on any atom is -0.477 e. The van der Waals surface area contributed by atoms with Crippen LogP contribution in [-0.4, -0.2) is 49.5 Å². The van der Waals surface area contributed by atoms with Gasteiger partial charge in [-0.3, -0.25) is 0 Å². The summed E-state index contributed by atoms with van der Waals surface area (Å²) in [6.45, 7) is 0.803. The van der Waals surface area contributed by atoms with Crippen molar-refractivity contribution in [3.63, 3.8) is 0 Å². The zero-order valence-electron chi connectivity index (χ0n) is 12.2. The Morgan fingerprint density at radius 3 is 2.91 bits per heavy atom. The van der Waals surface area contributed by atoms with E-state index in [1.54, 1.807) is 12.1 Å². The van der Waals surface area contributed by atoms with Crippen LogP contribution in [-0.2, 0) is 21.2 Å². The van der Waals surface area contributed by atoms with E-state index in [4.69, 9.17) is 9.84 Å². The van der Waals surface area contributed by atoms with Crippen molar-refractivity contribution in [2.45, 2.75) is 31.8 Å². The SMILES string of the molecule is O=C(O)c1cccc(CCNS(=O)(=O)CC2CCCCO2)n1. The minimum atomic E-state index is -3.40.